The van der Waals surface area contributed by atoms with Gasteiger partial charge in [-0.2, -0.15) is 0 Å². The largest absolute Gasteiger partial charge is 0.508 e. The first-order chi connectivity index (χ1) is 25.6. The molecule has 0 spiro atoms. The SMILES string of the molecule is COC1=CC(=O)C=CC1=O.Cc1cc(C=O)ccc1O.Cc1cc(O)ccc1O.NC1=CC(=O)C=CC1=O.Oc1ccc2nc3cc(O)ccc3nc2c1. The number of phenols is 5. The number of hydrogen-bond donors (Lipinski definition) is 6. The number of fused-ring (bicyclic) bond motifs is 2. The average Bonchev–Trinajstić information content (AvgIpc) is 3.14. The summed E-state index contributed by atoms with van der Waals surface area (Å²) in [5.41, 5.74) is 9.79. The van der Waals surface area contributed by atoms with E-state index in [9.17, 15) is 34.2 Å². The number of hydrogen-bond acceptors (Lipinski definition) is 14. The number of aldehydes is 1. The van der Waals surface area contributed by atoms with Gasteiger partial charge < -0.3 is 36.0 Å². The predicted octanol–water partition coefficient (Wildman–Crippen LogP) is 4.88. The highest BCUT2D eigenvalue weighted by atomic mass is 16.5. The van der Waals surface area contributed by atoms with Gasteiger partial charge in [-0.1, -0.05) is 0 Å². The Labute approximate surface area is 308 Å². The van der Waals surface area contributed by atoms with Crippen molar-refractivity contribution in [3.8, 4) is 28.7 Å². The van der Waals surface area contributed by atoms with E-state index in [0.29, 0.717) is 33.2 Å². The molecule has 14 heteroatoms. The Hall–Kier alpha value is -7.61. The second-order valence-electron chi connectivity index (χ2n) is 11.2. The van der Waals surface area contributed by atoms with E-state index in [0.717, 1.165) is 24.0 Å². The molecule has 0 saturated carbocycles. The van der Waals surface area contributed by atoms with Crippen molar-refractivity contribution in [1.82, 2.24) is 9.97 Å². The number of rotatable bonds is 2. The molecule has 0 aliphatic heterocycles. The van der Waals surface area contributed by atoms with Crippen molar-refractivity contribution in [3.05, 3.63) is 137 Å². The van der Waals surface area contributed by atoms with Crippen LogP contribution in [0.3, 0.4) is 0 Å². The fourth-order valence-electron chi connectivity index (χ4n) is 4.22. The van der Waals surface area contributed by atoms with Crippen molar-refractivity contribution in [2.45, 2.75) is 13.8 Å². The number of aryl methyl sites for hydroxylation is 2. The van der Waals surface area contributed by atoms with Gasteiger partial charge in [0.1, 0.15) is 35.0 Å². The lowest BCUT2D eigenvalue weighted by Gasteiger charge is -2.02. The number of nitrogens with zero attached hydrogens (tertiary/aromatic N) is 2. The molecule has 7 N–H and O–H groups in total. The fraction of sp³-hybridized carbons (Fsp3) is 0.0750. The molecule has 276 valence electrons. The molecule has 1 heterocycles. The number of phenolic OH excluding ortho intramolecular Hbond substituents is 5. The second kappa shape index (κ2) is 19.1. The lowest BCUT2D eigenvalue weighted by Crippen LogP contribution is -2.14. The number of benzene rings is 4. The summed E-state index contributed by atoms with van der Waals surface area (Å²) in [7, 11) is 1.36. The summed E-state index contributed by atoms with van der Waals surface area (Å²) in [5.74, 6) is 0.0660. The molecule has 5 aromatic rings. The monoisotopic (exact) mass is 733 g/mol. The van der Waals surface area contributed by atoms with Crippen molar-refractivity contribution in [1.29, 1.82) is 0 Å². The van der Waals surface area contributed by atoms with Crippen molar-refractivity contribution in [2.75, 3.05) is 7.11 Å². The van der Waals surface area contributed by atoms with Crippen LogP contribution < -0.4 is 5.73 Å². The van der Waals surface area contributed by atoms with E-state index < -0.39 is 0 Å². The molecule has 4 aromatic carbocycles. The highest BCUT2D eigenvalue weighted by Crippen LogP contribution is 2.23. The van der Waals surface area contributed by atoms with Gasteiger partial charge in [0.05, 0.1) is 34.9 Å². The zero-order valence-corrected chi connectivity index (χ0v) is 29.1. The third kappa shape index (κ3) is 12.3. The molecule has 2 aliphatic carbocycles. The smallest absolute Gasteiger partial charge is 0.220 e. The van der Waals surface area contributed by atoms with Crippen LogP contribution in [0.2, 0.25) is 0 Å². The van der Waals surface area contributed by atoms with Crippen molar-refractivity contribution in [3.63, 3.8) is 0 Å². The molecule has 0 atom stereocenters. The molecule has 0 radical (unpaired) electrons. The molecule has 7 rings (SSSR count). The summed E-state index contributed by atoms with van der Waals surface area (Å²) in [4.78, 5) is 61.1. The van der Waals surface area contributed by atoms with Gasteiger partial charge in [-0.25, -0.2) is 9.97 Å². The van der Waals surface area contributed by atoms with Crippen LogP contribution in [0, 0.1) is 13.8 Å². The molecular weight excluding hydrogens is 698 g/mol. The zero-order chi connectivity index (χ0) is 39.9. The highest BCUT2D eigenvalue weighted by molar-refractivity contribution is 6.17. The molecule has 14 nitrogen and oxygen atoms in total. The molecular formula is C40H35N3O11. The van der Waals surface area contributed by atoms with Crippen molar-refractivity contribution < 1.29 is 54.2 Å². The van der Waals surface area contributed by atoms with E-state index in [4.69, 9.17) is 21.1 Å². The normalized spacial score (nSPS) is 12.7. The van der Waals surface area contributed by atoms with Gasteiger partial charge in [-0.05, 0) is 110 Å². The van der Waals surface area contributed by atoms with Crippen LogP contribution in [0.15, 0.2) is 121 Å². The minimum absolute atomic E-state index is 0.0162. The summed E-state index contributed by atoms with van der Waals surface area (Å²) in [5, 5.41) is 45.5. The summed E-state index contributed by atoms with van der Waals surface area (Å²) in [6.45, 7) is 3.48. The number of methoxy groups -OCH3 is 1. The van der Waals surface area contributed by atoms with E-state index in [1.807, 2.05) is 0 Å². The first-order valence-corrected chi connectivity index (χ1v) is 15.7. The topological polar surface area (TPSA) is 248 Å². The Morgan fingerprint density at radius 1 is 0.574 bits per heavy atom. The average molecular weight is 734 g/mol. The Morgan fingerprint density at radius 3 is 1.46 bits per heavy atom. The number of aromatic hydroxyl groups is 5. The summed E-state index contributed by atoms with van der Waals surface area (Å²) >= 11 is 0. The van der Waals surface area contributed by atoms with Gasteiger partial charge in [0.15, 0.2) is 17.3 Å². The number of ether oxygens (including phenoxy) is 1. The molecule has 2 aliphatic rings. The van der Waals surface area contributed by atoms with E-state index in [2.05, 4.69) is 14.7 Å². The lowest BCUT2D eigenvalue weighted by atomic mass is 10.1. The Morgan fingerprint density at radius 2 is 1.04 bits per heavy atom. The van der Waals surface area contributed by atoms with Gasteiger partial charge in [0.2, 0.25) is 11.6 Å². The number of ketones is 4. The van der Waals surface area contributed by atoms with Crippen LogP contribution in [-0.2, 0) is 23.9 Å². The molecule has 0 saturated heterocycles. The predicted molar refractivity (Wildman–Crippen MR) is 199 cm³/mol. The third-order valence-corrected chi connectivity index (χ3v) is 7.05. The molecule has 0 unspecified atom stereocenters. The van der Waals surface area contributed by atoms with Crippen molar-refractivity contribution >= 4 is 51.5 Å². The number of carbonyl (C=O) groups excluding carboxylic acids is 5. The maximum Gasteiger partial charge on any atom is 0.220 e. The second-order valence-corrected chi connectivity index (χ2v) is 11.2. The lowest BCUT2D eigenvalue weighted by molar-refractivity contribution is -0.116. The van der Waals surface area contributed by atoms with Crippen LogP contribution in [0.5, 0.6) is 28.7 Å². The summed E-state index contributed by atoms with van der Waals surface area (Å²) < 4.78 is 4.61. The molecule has 1 aromatic heterocycles. The van der Waals surface area contributed by atoms with E-state index in [1.165, 1.54) is 55.7 Å². The molecule has 54 heavy (non-hydrogen) atoms. The van der Waals surface area contributed by atoms with Gasteiger partial charge in [0, 0.05) is 29.8 Å². The first-order valence-electron chi connectivity index (χ1n) is 15.7. The van der Waals surface area contributed by atoms with E-state index >= 15 is 0 Å². The fourth-order valence-corrected chi connectivity index (χ4v) is 4.22. The zero-order valence-electron chi connectivity index (χ0n) is 29.1. The van der Waals surface area contributed by atoms with Crippen LogP contribution in [0.1, 0.15) is 21.5 Å². The quantitative estimate of drug-likeness (QED) is 0.0613. The molecule has 0 amide bonds. The van der Waals surface area contributed by atoms with Crippen LogP contribution in [0.25, 0.3) is 22.1 Å². The molecule has 0 bridgehead atoms. The maximum absolute atomic E-state index is 10.7. The minimum atomic E-state index is -0.297. The molecule has 0 fully saturated rings. The van der Waals surface area contributed by atoms with Gasteiger partial charge in [-0.15, -0.1) is 0 Å². The number of allylic oxidation sites excluding steroid dienone is 6. The minimum Gasteiger partial charge on any atom is -0.508 e. The maximum atomic E-state index is 10.7. The van der Waals surface area contributed by atoms with Crippen LogP contribution in [0.4, 0.5) is 0 Å². The Bertz CT molecular complexity index is 2300. The Kier molecular flexibility index (Phi) is 14.5. The van der Waals surface area contributed by atoms with Crippen LogP contribution in [-0.4, -0.2) is 72.0 Å². The van der Waals surface area contributed by atoms with Gasteiger partial charge in [-0.3, -0.25) is 24.0 Å². The van der Waals surface area contributed by atoms with Gasteiger partial charge in [0.25, 0.3) is 0 Å². The summed E-state index contributed by atoms with van der Waals surface area (Å²) in [6, 6.07) is 18.8. The van der Waals surface area contributed by atoms with E-state index in [1.54, 1.807) is 62.4 Å². The third-order valence-electron chi connectivity index (χ3n) is 7.05. The number of carbonyl (C=O) groups is 5. The van der Waals surface area contributed by atoms with Crippen molar-refractivity contribution in [2.24, 2.45) is 5.73 Å². The summed E-state index contributed by atoms with van der Waals surface area (Å²) in [6.07, 6.45) is 7.81. The van der Waals surface area contributed by atoms with Crippen LogP contribution >= 0.6 is 0 Å². The standard InChI is InChI=1S/C12H8N2O2.C8H8O2.C7H6O3.C7H8O2.C6H5NO2/c15-7-1-3-9-11(5-7)14-10-4-2-8(16)6-12(10)13-9;1-6-4-7(5-9)2-3-8(6)10;1-10-7-4-5(8)2-3-6(7)9;1-5-4-6(8)2-3-7(5)9;7-5-3-4(8)1-2-6(5)9/h1-6,15-16H;2-5,10H,1H3;2-4H,1H3;2-4,8-9H,1H3;1-3H,7H2. The first kappa shape index (κ1) is 40.8. The van der Waals surface area contributed by atoms with Gasteiger partial charge >= 0.3 is 0 Å². The van der Waals surface area contributed by atoms with E-state index in [-0.39, 0.29) is 63.3 Å². The number of nitrogens with two attached hydrogens (primary N) is 1. The number of aromatic nitrogens is 2. The highest BCUT2D eigenvalue weighted by Gasteiger charge is 2.12. The Balaban J connectivity index is 0.000000186.